The van der Waals surface area contributed by atoms with E-state index >= 15 is 0 Å². The second-order valence-electron chi connectivity index (χ2n) is 5.24. The number of fused-ring (bicyclic) bond motifs is 1. The van der Waals surface area contributed by atoms with Gasteiger partial charge in [0.25, 0.3) is 0 Å². The largest absolute Gasteiger partial charge is 0.368 e. The molecule has 6 heteroatoms. The average Bonchev–Trinajstić information content (AvgIpc) is 2.74. The zero-order valence-corrected chi connectivity index (χ0v) is 12.6. The minimum absolute atomic E-state index is 0.185. The molecule has 1 atom stereocenters. The van der Waals surface area contributed by atoms with E-state index < -0.39 is 0 Å². The molecule has 1 aliphatic heterocycles. The molecule has 3 rings (SSSR count). The monoisotopic (exact) mass is 303 g/mol. The first-order valence-corrected chi connectivity index (χ1v) is 7.40. The molecule has 1 aromatic carbocycles. The number of benzene rings is 1. The number of aromatic nitrogens is 2. The molecule has 2 heterocycles. The van der Waals surface area contributed by atoms with E-state index in [1.54, 1.807) is 6.07 Å². The fraction of sp³-hybridized carbons (Fsp3) is 0.333. The number of nitrogen functional groups attached to an aromatic ring is 1. The van der Waals surface area contributed by atoms with Crippen molar-refractivity contribution in [3.05, 3.63) is 41.0 Å². The van der Waals surface area contributed by atoms with Crippen LogP contribution in [0.25, 0.3) is 0 Å². The SMILES string of the molecule is CC1Cc2ccccc2N1CCNc1cc(Cl)nc(N)n1. The van der Waals surface area contributed by atoms with Crippen molar-refractivity contribution in [2.45, 2.75) is 19.4 Å². The number of nitrogens with two attached hydrogens (primary N) is 1. The van der Waals surface area contributed by atoms with Gasteiger partial charge < -0.3 is 16.0 Å². The molecule has 0 fully saturated rings. The van der Waals surface area contributed by atoms with Gasteiger partial charge in [0.05, 0.1) is 0 Å². The Hall–Kier alpha value is -2.01. The summed E-state index contributed by atoms with van der Waals surface area (Å²) in [5, 5.41) is 3.60. The van der Waals surface area contributed by atoms with Gasteiger partial charge in [-0.05, 0) is 25.0 Å². The number of para-hydroxylation sites is 1. The van der Waals surface area contributed by atoms with Crippen LogP contribution in [0.5, 0.6) is 0 Å². The van der Waals surface area contributed by atoms with Crippen LogP contribution in [0, 0.1) is 0 Å². The number of hydrogen-bond acceptors (Lipinski definition) is 5. The molecule has 5 nitrogen and oxygen atoms in total. The molecular weight excluding hydrogens is 286 g/mol. The first-order chi connectivity index (χ1) is 10.1. The van der Waals surface area contributed by atoms with Crippen LogP contribution in [0.15, 0.2) is 30.3 Å². The van der Waals surface area contributed by atoms with Crippen molar-refractivity contribution in [1.82, 2.24) is 9.97 Å². The topological polar surface area (TPSA) is 67.1 Å². The molecule has 0 saturated carbocycles. The van der Waals surface area contributed by atoms with Crippen LogP contribution >= 0.6 is 11.6 Å². The fourth-order valence-electron chi connectivity index (χ4n) is 2.80. The number of hydrogen-bond donors (Lipinski definition) is 2. The van der Waals surface area contributed by atoms with Gasteiger partial charge in [-0.25, -0.2) is 4.98 Å². The van der Waals surface area contributed by atoms with Gasteiger partial charge >= 0.3 is 0 Å². The highest BCUT2D eigenvalue weighted by atomic mass is 35.5. The lowest BCUT2D eigenvalue weighted by molar-refractivity contribution is 0.680. The van der Waals surface area contributed by atoms with E-state index in [9.17, 15) is 0 Å². The Morgan fingerprint density at radius 3 is 3.00 bits per heavy atom. The highest BCUT2D eigenvalue weighted by Crippen LogP contribution is 2.31. The molecule has 0 amide bonds. The zero-order chi connectivity index (χ0) is 14.8. The molecule has 1 aromatic heterocycles. The van der Waals surface area contributed by atoms with Crippen LogP contribution in [0.2, 0.25) is 5.15 Å². The summed E-state index contributed by atoms with van der Waals surface area (Å²) < 4.78 is 0. The Kier molecular flexibility index (Phi) is 3.84. The van der Waals surface area contributed by atoms with Crippen LogP contribution in [-0.2, 0) is 6.42 Å². The third-order valence-corrected chi connectivity index (χ3v) is 3.91. The summed E-state index contributed by atoms with van der Waals surface area (Å²) in [6.45, 7) is 3.92. The van der Waals surface area contributed by atoms with E-state index in [-0.39, 0.29) is 5.95 Å². The minimum Gasteiger partial charge on any atom is -0.368 e. The van der Waals surface area contributed by atoms with E-state index in [4.69, 9.17) is 17.3 Å². The maximum atomic E-state index is 5.86. The van der Waals surface area contributed by atoms with Gasteiger partial charge in [-0.3, -0.25) is 0 Å². The maximum Gasteiger partial charge on any atom is 0.223 e. The second-order valence-corrected chi connectivity index (χ2v) is 5.62. The molecule has 2 aromatic rings. The molecule has 0 saturated heterocycles. The number of nitrogens with zero attached hydrogens (tertiary/aromatic N) is 3. The van der Waals surface area contributed by atoms with Crippen LogP contribution in [0.4, 0.5) is 17.5 Å². The number of halogens is 1. The van der Waals surface area contributed by atoms with Gasteiger partial charge in [0, 0.05) is 30.9 Å². The zero-order valence-electron chi connectivity index (χ0n) is 11.9. The van der Waals surface area contributed by atoms with Crippen LogP contribution < -0.4 is 16.0 Å². The lowest BCUT2D eigenvalue weighted by Crippen LogP contribution is -2.33. The fourth-order valence-corrected chi connectivity index (χ4v) is 2.99. The number of anilines is 3. The predicted molar refractivity (Wildman–Crippen MR) is 86.9 cm³/mol. The Balaban J connectivity index is 1.63. The third kappa shape index (κ3) is 3.03. The molecular formula is C15H18ClN5. The Morgan fingerprint density at radius 2 is 2.19 bits per heavy atom. The maximum absolute atomic E-state index is 5.86. The van der Waals surface area contributed by atoms with Gasteiger partial charge in [0.15, 0.2) is 0 Å². The van der Waals surface area contributed by atoms with E-state index in [0.717, 1.165) is 19.5 Å². The average molecular weight is 304 g/mol. The van der Waals surface area contributed by atoms with Crippen LogP contribution in [0.3, 0.4) is 0 Å². The first-order valence-electron chi connectivity index (χ1n) is 7.02. The highest BCUT2D eigenvalue weighted by molar-refractivity contribution is 6.29. The molecule has 21 heavy (non-hydrogen) atoms. The number of rotatable bonds is 4. The number of nitrogens with one attached hydrogen (secondary N) is 1. The van der Waals surface area contributed by atoms with Crippen LogP contribution in [0.1, 0.15) is 12.5 Å². The summed E-state index contributed by atoms with van der Waals surface area (Å²) in [7, 11) is 0. The van der Waals surface area contributed by atoms with Gasteiger partial charge in [-0.15, -0.1) is 0 Å². The van der Waals surface area contributed by atoms with E-state index in [1.165, 1.54) is 11.3 Å². The van der Waals surface area contributed by atoms with Crippen molar-refractivity contribution < 1.29 is 0 Å². The van der Waals surface area contributed by atoms with Crippen molar-refractivity contribution in [1.29, 1.82) is 0 Å². The van der Waals surface area contributed by atoms with Gasteiger partial charge in [0.2, 0.25) is 5.95 Å². The van der Waals surface area contributed by atoms with E-state index in [1.807, 2.05) is 0 Å². The summed E-state index contributed by atoms with van der Waals surface area (Å²) in [6, 6.07) is 10.8. The summed E-state index contributed by atoms with van der Waals surface area (Å²) >= 11 is 5.86. The summed E-state index contributed by atoms with van der Waals surface area (Å²) in [6.07, 6.45) is 1.10. The minimum atomic E-state index is 0.185. The van der Waals surface area contributed by atoms with Crippen molar-refractivity contribution >= 4 is 29.1 Å². The summed E-state index contributed by atoms with van der Waals surface area (Å²) in [5.41, 5.74) is 8.32. The van der Waals surface area contributed by atoms with Gasteiger partial charge in [0.1, 0.15) is 11.0 Å². The Morgan fingerprint density at radius 1 is 1.38 bits per heavy atom. The van der Waals surface area contributed by atoms with E-state index in [2.05, 4.69) is 51.4 Å². The molecule has 0 bridgehead atoms. The predicted octanol–water partition coefficient (Wildman–Crippen LogP) is 2.58. The molecule has 1 unspecified atom stereocenters. The Labute approximate surface area is 129 Å². The lowest BCUT2D eigenvalue weighted by atomic mass is 10.1. The molecule has 1 aliphatic rings. The highest BCUT2D eigenvalue weighted by Gasteiger charge is 2.24. The van der Waals surface area contributed by atoms with E-state index in [0.29, 0.717) is 17.0 Å². The summed E-state index contributed by atoms with van der Waals surface area (Å²) in [4.78, 5) is 10.4. The molecule has 0 aliphatic carbocycles. The van der Waals surface area contributed by atoms with Crippen molar-refractivity contribution in [3.8, 4) is 0 Å². The molecule has 3 N–H and O–H groups in total. The first kappa shape index (κ1) is 13.9. The summed E-state index contributed by atoms with van der Waals surface area (Å²) in [5.74, 6) is 0.845. The second kappa shape index (κ2) is 5.77. The van der Waals surface area contributed by atoms with Crippen molar-refractivity contribution in [3.63, 3.8) is 0 Å². The van der Waals surface area contributed by atoms with Crippen molar-refractivity contribution in [2.24, 2.45) is 0 Å². The Bertz CT molecular complexity index is 625. The third-order valence-electron chi connectivity index (χ3n) is 3.72. The van der Waals surface area contributed by atoms with Gasteiger partial charge in [-0.1, -0.05) is 29.8 Å². The van der Waals surface area contributed by atoms with Gasteiger partial charge in [-0.2, -0.15) is 4.98 Å². The quantitative estimate of drug-likeness (QED) is 0.850. The molecule has 0 radical (unpaired) electrons. The normalized spacial score (nSPS) is 16.9. The van der Waals surface area contributed by atoms with Crippen LogP contribution in [-0.4, -0.2) is 29.1 Å². The lowest BCUT2D eigenvalue weighted by Gasteiger charge is -2.25. The molecule has 0 spiro atoms. The van der Waals surface area contributed by atoms with Crippen molar-refractivity contribution in [2.75, 3.05) is 29.0 Å². The standard InChI is InChI=1S/C15H18ClN5/c1-10-8-11-4-2-3-5-12(11)21(10)7-6-18-14-9-13(16)19-15(17)20-14/h2-5,9-10H,6-8H2,1H3,(H3,17,18,19,20). The smallest absolute Gasteiger partial charge is 0.223 e. The molecule has 110 valence electrons.